The lowest BCUT2D eigenvalue weighted by Crippen LogP contribution is -2.50. The Morgan fingerprint density at radius 1 is 0.933 bits per heavy atom. The number of benzene rings is 1. The van der Waals surface area contributed by atoms with Gasteiger partial charge in [0.25, 0.3) is 0 Å². The molecule has 3 atom stereocenters. The standard InChI is InChI=1S/C26H44O2Si2/c1-13-18-23(28-30(11,12)26(6,7)8)24(21-19-16-15-17-20-21)22(14-2)27-29(9,10)25(3,4)5/h1,14-17,19-20,22-24H,2,18H2,3-12H3/t22-,23-,24-/m1/s1. The van der Waals surface area contributed by atoms with Gasteiger partial charge < -0.3 is 8.85 Å². The van der Waals surface area contributed by atoms with Crippen LogP contribution in [0.15, 0.2) is 43.0 Å². The van der Waals surface area contributed by atoms with Crippen LogP contribution < -0.4 is 0 Å². The first kappa shape index (κ1) is 26.9. The SMILES string of the molecule is C#CC[C@@H](O[Si](C)(C)C(C)(C)C)[C@H](c1ccccc1)[C@@H](C=C)O[Si](C)(C)C(C)(C)C. The summed E-state index contributed by atoms with van der Waals surface area (Å²) < 4.78 is 13.8. The zero-order valence-electron chi connectivity index (χ0n) is 21.0. The summed E-state index contributed by atoms with van der Waals surface area (Å²) in [6.45, 7) is 26.9. The van der Waals surface area contributed by atoms with E-state index in [-0.39, 0.29) is 28.2 Å². The molecule has 30 heavy (non-hydrogen) atoms. The lowest BCUT2D eigenvalue weighted by Gasteiger charge is -2.45. The van der Waals surface area contributed by atoms with E-state index in [1.165, 1.54) is 5.56 Å². The zero-order valence-corrected chi connectivity index (χ0v) is 23.0. The van der Waals surface area contributed by atoms with Gasteiger partial charge in [-0.15, -0.1) is 18.9 Å². The molecule has 0 aliphatic rings. The van der Waals surface area contributed by atoms with Crippen LogP contribution in [0.4, 0.5) is 0 Å². The van der Waals surface area contributed by atoms with Crippen molar-refractivity contribution in [3.05, 3.63) is 48.6 Å². The fourth-order valence-corrected chi connectivity index (χ4v) is 5.61. The minimum absolute atomic E-state index is 0.00278. The zero-order chi connectivity index (χ0) is 23.4. The molecular formula is C26H44O2Si2. The first-order valence-corrected chi connectivity index (χ1v) is 16.9. The van der Waals surface area contributed by atoms with Crippen LogP contribution >= 0.6 is 0 Å². The van der Waals surface area contributed by atoms with Crippen LogP contribution in [-0.4, -0.2) is 28.8 Å². The van der Waals surface area contributed by atoms with Crippen LogP contribution in [0.3, 0.4) is 0 Å². The molecular weight excluding hydrogens is 400 g/mol. The van der Waals surface area contributed by atoms with Gasteiger partial charge in [-0.3, -0.25) is 0 Å². The maximum atomic E-state index is 6.93. The third-order valence-electron chi connectivity index (χ3n) is 6.98. The van der Waals surface area contributed by atoms with Gasteiger partial charge in [0.15, 0.2) is 16.6 Å². The van der Waals surface area contributed by atoms with Crippen LogP contribution in [0.2, 0.25) is 36.3 Å². The van der Waals surface area contributed by atoms with Crippen molar-refractivity contribution in [3.8, 4) is 12.3 Å². The maximum absolute atomic E-state index is 6.93. The van der Waals surface area contributed by atoms with E-state index in [0.717, 1.165) is 0 Å². The highest BCUT2D eigenvalue weighted by atomic mass is 28.4. The molecule has 0 bridgehead atoms. The van der Waals surface area contributed by atoms with E-state index >= 15 is 0 Å². The molecule has 0 aliphatic heterocycles. The first-order valence-electron chi connectivity index (χ1n) is 11.0. The molecule has 0 saturated heterocycles. The Balaban J connectivity index is 3.48. The molecule has 0 spiro atoms. The van der Waals surface area contributed by atoms with Crippen molar-refractivity contribution < 1.29 is 8.85 Å². The second-order valence-corrected chi connectivity index (χ2v) is 20.9. The predicted octanol–water partition coefficient (Wildman–Crippen LogP) is 7.76. The Bertz CT molecular complexity index is 718. The molecule has 0 fully saturated rings. The molecule has 1 aromatic rings. The van der Waals surface area contributed by atoms with E-state index in [2.05, 4.69) is 104 Å². The Labute approximate surface area is 188 Å². The van der Waals surface area contributed by atoms with Gasteiger partial charge in [0.05, 0.1) is 12.2 Å². The fourth-order valence-electron chi connectivity index (χ4n) is 2.99. The molecule has 1 rings (SSSR count). The van der Waals surface area contributed by atoms with Crippen molar-refractivity contribution in [1.29, 1.82) is 0 Å². The number of rotatable bonds is 9. The molecule has 0 aromatic heterocycles. The fraction of sp³-hybridized carbons (Fsp3) is 0.615. The highest BCUT2D eigenvalue weighted by Gasteiger charge is 2.45. The quantitative estimate of drug-likeness (QED) is 0.220. The van der Waals surface area contributed by atoms with Gasteiger partial charge in [-0.1, -0.05) is 78.0 Å². The molecule has 2 nitrogen and oxygen atoms in total. The Hall–Kier alpha value is -1.13. The molecule has 168 valence electrons. The van der Waals surface area contributed by atoms with Crippen molar-refractivity contribution in [2.24, 2.45) is 0 Å². The minimum Gasteiger partial charge on any atom is -0.412 e. The van der Waals surface area contributed by atoms with E-state index in [0.29, 0.717) is 6.42 Å². The summed E-state index contributed by atoms with van der Waals surface area (Å²) in [5.41, 5.74) is 1.19. The smallest absolute Gasteiger partial charge is 0.192 e. The van der Waals surface area contributed by atoms with Crippen LogP contribution in [-0.2, 0) is 8.85 Å². The third kappa shape index (κ3) is 6.69. The van der Waals surface area contributed by atoms with E-state index in [1.54, 1.807) is 0 Å². The van der Waals surface area contributed by atoms with Crippen molar-refractivity contribution in [1.82, 2.24) is 0 Å². The lowest BCUT2D eigenvalue weighted by molar-refractivity contribution is 0.0901. The summed E-state index contributed by atoms with van der Waals surface area (Å²) >= 11 is 0. The minimum atomic E-state index is -2.03. The van der Waals surface area contributed by atoms with Crippen molar-refractivity contribution in [3.63, 3.8) is 0 Å². The van der Waals surface area contributed by atoms with Crippen LogP contribution in [0.25, 0.3) is 0 Å². The van der Waals surface area contributed by atoms with Gasteiger partial charge in [-0.05, 0) is 41.8 Å². The molecule has 0 radical (unpaired) electrons. The van der Waals surface area contributed by atoms with E-state index < -0.39 is 16.6 Å². The first-order chi connectivity index (χ1) is 13.6. The average molecular weight is 445 g/mol. The van der Waals surface area contributed by atoms with Gasteiger partial charge in [0.2, 0.25) is 0 Å². The summed E-state index contributed by atoms with van der Waals surface area (Å²) in [5, 5.41) is 0.211. The van der Waals surface area contributed by atoms with Crippen LogP contribution in [0.5, 0.6) is 0 Å². The predicted molar refractivity (Wildman–Crippen MR) is 137 cm³/mol. The molecule has 0 heterocycles. The highest BCUT2D eigenvalue weighted by molar-refractivity contribution is 6.74. The number of hydrogen-bond acceptors (Lipinski definition) is 2. The van der Waals surface area contributed by atoms with Crippen LogP contribution in [0, 0.1) is 12.3 Å². The van der Waals surface area contributed by atoms with Crippen molar-refractivity contribution in [2.45, 2.75) is 102 Å². The van der Waals surface area contributed by atoms with Gasteiger partial charge in [0.1, 0.15) is 0 Å². The molecule has 0 amide bonds. The van der Waals surface area contributed by atoms with E-state index in [9.17, 15) is 0 Å². The molecule has 0 aliphatic carbocycles. The highest BCUT2D eigenvalue weighted by Crippen LogP contribution is 2.43. The summed E-state index contributed by atoms with van der Waals surface area (Å²) in [7, 11) is -4.04. The van der Waals surface area contributed by atoms with Crippen LogP contribution in [0.1, 0.15) is 59.4 Å². The number of hydrogen-bond donors (Lipinski definition) is 0. The molecule has 0 saturated carbocycles. The Kier molecular flexibility index (Phi) is 8.97. The van der Waals surface area contributed by atoms with Crippen molar-refractivity contribution in [2.75, 3.05) is 0 Å². The molecule has 1 aromatic carbocycles. The maximum Gasteiger partial charge on any atom is 0.192 e. The molecule has 0 N–H and O–H groups in total. The summed E-state index contributed by atoms with van der Waals surface area (Å²) in [5.74, 6) is 2.89. The van der Waals surface area contributed by atoms with E-state index in [1.807, 2.05) is 12.1 Å². The molecule has 0 unspecified atom stereocenters. The second-order valence-electron chi connectivity index (χ2n) is 11.3. The monoisotopic (exact) mass is 444 g/mol. The summed E-state index contributed by atoms with van der Waals surface area (Å²) in [4.78, 5) is 0. The van der Waals surface area contributed by atoms with Gasteiger partial charge >= 0.3 is 0 Å². The largest absolute Gasteiger partial charge is 0.412 e. The van der Waals surface area contributed by atoms with Gasteiger partial charge in [-0.25, -0.2) is 0 Å². The Morgan fingerprint density at radius 2 is 1.40 bits per heavy atom. The second kappa shape index (κ2) is 10.00. The van der Waals surface area contributed by atoms with Crippen molar-refractivity contribution >= 4 is 16.6 Å². The summed E-state index contributed by atoms with van der Waals surface area (Å²) in [6.07, 6.45) is 8.07. The van der Waals surface area contributed by atoms with Gasteiger partial charge in [0, 0.05) is 12.3 Å². The summed E-state index contributed by atoms with van der Waals surface area (Å²) in [6, 6.07) is 10.5. The van der Waals surface area contributed by atoms with Gasteiger partial charge in [-0.2, -0.15) is 0 Å². The van der Waals surface area contributed by atoms with E-state index in [4.69, 9.17) is 15.3 Å². The normalized spacial score (nSPS) is 16.4. The lowest BCUT2D eigenvalue weighted by atomic mass is 9.87. The Morgan fingerprint density at radius 3 is 1.80 bits per heavy atom. The number of terminal acetylenes is 1. The average Bonchev–Trinajstić information content (AvgIpc) is 2.59. The topological polar surface area (TPSA) is 18.5 Å². The molecule has 4 heteroatoms. The third-order valence-corrected chi connectivity index (χ3v) is 16.0.